The van der Waals surface area contributed by atoms with Crippen LogP contribution in [-0.4, -0.2) is 60.7 Å². The molecular formula is C20H30N4O3. The number of carbonyl (C=O) groups excluding carboxylic acids is 2. The van der Waals surface area contributed by atoms with Crippen LogP contribution in [0.1, 0.15) is 55.8 Å². The monoisotopic (exact) mass is 374 g/mol. The number of rotatable bonds is 4. The number of aromatic nitrogens is 1. The maximum absolute atomic E-state index is 12.5. The smallest absolute Gasteiger partial charge is 0.409 e. The number of ether oxygens (including phenoxy) is 1. The minimum atomic E-state index is -0.254. The second-order valence-electron chi connectivity index (χ2n) is 7.24. The van der Waals surface area contributed by atoms with E-state index in [1.54, 1.807) is 11.1 Å². The number of hydrogen-bond acceptors (Lipinski definition) is 5. The van der Waals surface area contributed by atoms with Crippen LogP contribution in [0.2, 0.25) is 0 Å². The van der Waals surface area contributed by atoms with Crippen molar-refractivity contribution in [2.75, 3.05) is 37.7 Å². The molecule has 3 rings (SSSR count). The van der Waals surface area contributed by atoms with Crippen molar-refractivity contribution in [3.05, 3.63) is 23.9 Å². The molecule has 1 saturated carbocycles. The summed E-state index contributed by atoms with van der Waals surface area (Å²) in [5, 5.41) is 3.15. The van der Waals surface area contributed by atoms with Crippen LogP contribution in [0.4, 0.5) is 10.6 Å². The second kappa shape index (κ2) is 9.58. The maximum atomic E-state index is 12.5. The Morgan fingerprint density at radius 3 is 2.41 bits per heavy atom. The third-order valence-corrected chi connectivity index (χ3v) is 5.33. The minimum Gasteiger partial charge on any atom is -0.450 e. The first-order valence-electron chi connectivity index (χ1n) is 10.1. The fraction of sp³-hybridized carbons (Fsp3) is 0.650. The van der Waals surface area contributed by atoms with E-state index in [-0.39, 0.29) is 18.0 Å². The standard InChI is InChI=1S/C20H30N4O3/c1-2-27-20(26)24-13-11-23(12-14-24)18-10-9-16(15-21-18)19(25)22-17-7-5-3-4-6-8-17/h9-10,15,17H,2-8,11-14H2,1H3,(H,22,25). The Morgan fingerprint density at radius 1 is 1.11 bits per heavy atom. The van der Waals surface area contributed by atoms with E-state index in [1.165, 1.54) is 25.7 Å². The largest absolute Gasteiger partial charge is 0.450 e. The molecule has 1 aromatic rings. The summed E-state index contributed by atoms with van der Waals surface area (Å²) in [7, 11) is 0. The van der Waals surface area contributed by atoms with E-state index in [0.717, 1.165) is 18.7 Å². The summed E-state index contributed by atoms with van der Waals surface area (Å²) in [4.78, 5) is 32.6. The molecule has 7 nitrogen and oxygen atoms in total. The lowest BCUT2D eigenvalue weighted by molar-refractivity contribution is 0.0932. The maximum Gasteiger partial charge on any atom is 0.409 e. The highest BCUT2D eigenvalue weighted by molar-refractivity contribution is 5.94. The second-order valence-corrected chi connectivity index (χ2v) is 7.24. The molecule has 7 heteroatoms. The van der Waals surface area contributed by atoms with E-state index in [0.29, 0.717) is 38.3 Å². The molecule has 0 aromatic carbocycles. The summed E-state index contributed by atoms with van der Waals surface area (Å²) in [6.45, 7) is 4.85. The Hall–Kier alpha value is -2.31. The molecule has 1 aliphatic carbocycles. The third-order valence-electron chi connectivity index (χ3n) is 5.33. The molecule has 1 aliphatic heterocycles. The molecule has 2 aliphatic rings. The van der Waals surface area contributed by atoms with Gasteiger partial charge in [-0.15, -0.1) is 0 Å². The molecule has 27 heavy (non-hydrogen) atoms. The number of anilines is 1. The zero-order valence-electron chi connectivity index (χ0n) is 16.2. The molecule has 2 amide bonds. The summed E-state index contributed by atoms with van der Waals surface area (Å²) >= 11 is 0. The molecule has 1 aromatic heterocycles. The minimum absolute atomic E-state index is 0.0342. The summed E-state index contributed by atoms with van der Waals surface area (Å²) in [5.41, 5.74) is 0.605. The topological polar surface area (TPSA) is 74.8 Å². The quantitative estimate of drug-likeness (QED) is 0.821. The Bertz CT molecular complexity index is 619. The van der Waals surface area contributed by atoms with Gasteiger partial charge in [0.25, 0.3) is 5.91 Å². The summed E-state index contributed by atoms with van der Waals surface area (Å²) < 4.78 is 5.04. The number of amides is 2. The van der Waals surface area contributed by atoms with Crippen molar-refractivity contribution in [3.8, 4) is 0 Å². The van der Waals surface area contributed by atoms with Crippen molar-refractivity contribution < 1.29 is 14.3 Å². The molecule has 1 saturated heterocycles. The molecule has 0 spiro atoms. The Labute approximate surface area is 161 Å². The number of piperazine rings is 1. The van der Waals surface area contributed by atoms with Gasteiger partial charge in [0.05, 0.1) is 12.2 Å². The van der Waals surface area contributed by atoms with Gasteiger partial charge in [-0.1, -0.05) is 25.7 Å². The SMILES string of the molecule is CCOC(=O)N1CCN(c2ccc(C(=O)NC3CCCCCC3)cn2)CC1. The molecule has 2 heterocycles. The highest BCUT2D eigenvalue weighted by Crippen LogP contribution is 2.18. The van der Waals surface area contributed by atoms with E-state index in [4.69, 9.17) is 4.74 Å². The number of nitrogens with zero attached hydrogens (tertiary/aromatic N) is 3. The van der Waals surface area contributed by atoms with Gasteiger partial charge >= 0.3 is 6.09 Å². The van der Waals surface area contributed by atoms with Crippen LogP contribution >= 0.6 is 0 Å². The summed E-state index contributed by atoms with van der Waals surface area (Å²) in [5.74, 6) is 0.803. The Morgan fingerprint density at radius 2 is 1.81 bits per heavy atom. The van der Waals surface area contributed by atoms with Gasteiger partial charge < -0.3 is 19.9 Å². The lowest BCUT2D eigenvalue weighted by Crippen LogP contribution is -2.49. The van der Waals surface area contributed by atoms with Crippen LogP contribution in [0, 0.1) is 0 Å². The predicted octanol–water partition coefficient (Wildman–Crippen LogP) is 2.81. The van der Waals surface area contributed by atoms with Gasteiger partial charge in [-0.2, -0.15) is 0 Å². The normalized spacial score (nSPS) is 18.7. The zero-order chi connectivity index (χ0) is 19.1. The molecular weight excluding hydrogens is 344 g/mol. The molecule has 0 radical (unpaired) electrons. The molecule has 0 atom stereocenters. The van der Waals surface area contributed by atoms with E-state index >= 15 is 0 Å². The zero-order valence-corrected chi connectivity index (χ0v) is 16.2. The van der Waals surface area contributed by atoms with E-state index in [2.05, 4.69) is 15.2 Å². The number of nitrogens with one attached hydrogen (secondary N) is 1. The van der Waals surface area contributed by atoms with Gasteiger partial charge in [0.1, 0.15) is 5.82 Å². The Kier molecular flexibility index (Phi) is 6.90. The first kappa shape index (κ1) is 19.5. The van der Waals surface area contributed by atoms with E-state index < -0.39 is 0 Å². The average molecular weight is 374 g/mol. The van der Waals surface area contributed by atoms with Crippen molar-refractivity contribution in [2.24, 2.45) is 0 Å². The number of carbonyl (C=O) groups is 2. The van der Waals surface area contributed by atoms with E-state index in [1.807, 2.05) is 19.1 Å². The van der Waals surface area contributed by atoms with Gasteiger partial charge in [-0.25, -0.2) is 9.78 Å². The number of hydrogen-bond donors (Lipinski definition) is 1. The highest BCUT2D eigenvalue weighted by Gasteiger charge is 2.23. The Balaban J connectivity index is 1.51. The average Bonchev–Trinajstić information content (AvgIpc) is 2.97. The lowest BCUT2D eigenvalue weighted by Gasteiger charge is -2.34. The van der Waals surface area contributed by atoms with Crippen molar-refractivity contribution >= 4 is 17.8 Å². The van der Waals surface area contributed by atoms with Crippen LogP contribution in [-0.2, 0) is 4.74 Å². The summed E-state index contributed by atoms with van der Waals surface area (Å²) in [6, 6.07) is 4.02. The molecule has 148 valence electrons. The third kappa shape index (κ3) is 5.34. The van der Waals surface area contributed by atoms with Gasteiger partial charge in [-0.05, 0) is 31.9 Å². The van der Waals surface area contributed by atoms with Gasteiger partial charge in [0, 0.05) is 38.4 Å². The first-order chi connectivity index (χ1) is 13.2. The van der Waals surface area contributed by atoms with Crippen LogP contribution in [0.25, 0.3) is 0 Å². The summed E-state index contributed by atoms with van der Waals surface area (Å²) in [6.07, 6.45) is 8.47. The van der Waals surface area contributed by atoms with Crippen molar-refractivity contribution in [1.82, 2.24) is 15.2 Å². The lowest BCUT2D eigenvalue weighted by atomic mass is 10.1. The van der Waals surface area contributed by atoms with Crippen LogP contribution in [0.3, 0.4) is 0 Å². The molecule has 2 fully saturated rings. The first-order valence-corrected chi connectivity index (χ1v) is 10.1. The number of pyridine rings is 1. The molecule has 0 unspecified atom stereocenters. The molecule has 1 N–H and O–H groups in total. The van der Waals surface area contributed by atoms with Crippen LogP contribution in [0.15, 0.2) is 18.3 Å². The van der Waals surface area contributed by atoms with Crippen molar-refractivity contribution in [2.45, 2.75) is 51.5 Å². The predicted molar refractivity (Wildman–Crippen MR) is 104 cm³/mol. The van der Waals surface area contributed by atoms with Crippen molar-refractivity contribution in [1.29, 1.82) is 0 Å². The van der Waals surface area contributed by atoms with E-state index in [9.17, 15) is 9.59 Å². The van der Waals surface area contributed by atoms with Gasteiger partial charge in [0.15, 0.2) is 0 Å². The highest BCUT2D eigenvalue weighted by atomic mass is 16.6. The van der Waals surface area contributed by atoms with Gasteiger partial charge in [-0.3, -0.25) is 4.79 Å². The van der Waals surface area contributed by atoms with Crippen molar-refractivity contribution in [3.63, 3.8) is 0 Å². The van der Waals surface area contributed by atoms with Crippen LogP contribution < -0.4 is 10.2 Å². The van der Waals surface area contributed by atoms with Crippen LogP contribution in [0.5, 0.6) is 0 Å². The molecule has 0 bridgehead atoms. The van der Waals surface area contributed by atoms with Gasteiger partial charge in [0.2, 0.25) is 0 Å². The fourth-order valence-electron chi connectivity index (χ4n) is 3.73. The fourth-order valence-corrected chi connectivity index (χ4v) is 3.73.